The molecule has 0 aliphatic carbocycles. The van der Waals surface area contributed by atoms with Gasteiger partial charge in [-0.1, -0.05) is 83.8 Å². The maximum atomic E-state index is 10.4. The Morgan fingerprint density at radius 1 is 0.972 bits per heavy atom. The maximum absolute atomic E-state index is 10.4. The Balaban J connectivity index is 0.000000295. The molecule has 0 radical (unpaired) electrons. The first-order chi connectivity index (χ1) is 16.8. The summed E-state index contributed by atoms with van der Waals surface area (Å²) in [5, 5.41) is 14.8. The highest BCUT2D eigenvalue weighted by atomic mass is 35.5. The van der Waals surface area contributed by atoms with Crippen LogP contribution in [-0.2, 0) is 10.2 Å². The Morgan fingerprint density at radius 3 is 1.86 bits per heavy atom. The first-order valence-corrected chi connectivity index (χ1v) is 12.5. The highest BCUT2D eigenvalue weighted by Crippen LogP contribution is 2.25. The van der Waals surface area contributed by atoms with Gasteiger partial charge in [-0.25, -0.2) is 0 Å². The van der Waals surface area contributed by atoms with E-state index in [1.54, 1.807) is 13.8 Å². The molecule has 3 aromatic rings. The largest absolute Gasteiger partial charge is 0.409 e. The van der Waals surface area contributed by atoms with E-state index < -0.39 is 5.41 Å². The number of halogens is 3. The van der Waals surface area contributed by atoms with E-state index in [1.165, 1.54) is 5.56 Å². The van der Waals surface area contributed by atoms with Crippen molar-refractivity contribution >= 4 is 45.9 Å². The van der Waals surface area contributed by atoms with Gasteiger partial charge in [-0.15, -0.1) is 23.2 Å². The molecular formula is C26H33Cl3N4O3. The van der Waals surface area contributed by atoms with Crippen molar-refractivity contribution in [2.24, 2.45) is 16.3 Å². The number of hydrogen-bond acceptors (Lipinski definition) is 6. The van der Waals surface area contributed by atoms with E-state index in [9.17, 15) is 4.79 Å². The summed E-state index contributed by atoms with van der Waals surface area (Å²) in [5.74, 6) is 2.05. The molecule has 0 aliphatic rings. The predicted molar refractivity (Wildman–Crippen MR) is 147 cm³/mol. The first kappa shape index (κ1) is 31.4. The minimum atomic E-state index is -0.566. The van der Waals surface area contributed by atoms with E-state index >= 15 is 0 Å². The molecule has 0 amide bonds. The molecule has 0 aliphatic heterocycles. The zero-order chi connectivity index (χ0) is 27.5. The zero-order valence-corrected chi connectivity index (χ0v) is 23.6. The Bertz CT molecular complexity index is 1130. The molecule has 0 unspecified atom stereocenters. The van der Waals surface area contributed by atoms with Crippen LogP contribution in [-0.4, -0.2) is 38.2 Å². The van der Waals surface area contributed by atoms with E-state index in [0.29, 0.717) is 17.6 Å². The van der Waals surface area contributed by atoms with Gasteiger partial charge in [0.1, 0.15) is 0 Å². The fraction of sp³-hybridized carbons (Fsp3) is 0.385. The van der Waals surface area contributed by atoms with E-state index in [-0.39, 0.29) is 22.4 Å². The summed E-state index contributed by atoms with van der Waals surface area (Å²) in [5.41, 5.74) is 8.53. The van der Waals surface area contributed by atoms with Crippen LogP contribution < -0.4 is 5.73 Å². The molecule has 0 atom stereocenters. The summed E-state index contributed by atoms with van der Waals surface area (Å²) in [7, 11) is 0. The number of benzene rings is 2. The number of oxime groups is 1. The number of hydrogen-bond donors (Lipinski definition) is 2. The van der Waals surface area contributed by atoms with Gasteiger partial charge in [0, 0.05) is 22.9 Å². The lowest BCUT2D eigenvalue weighted by Gasteiger charge is -2.14. The molecule has 0 spiro atoms. The molecule has 3 rings (SSSR count). The Hall–Kier alpha value is -2.61. The topological polar surface area (TPSA) is 115 Å². The first-order valence-electron chi connectivity index (χ1n) is 11.0. The average Bonchev–Trinajstić information content (AvgIpc) is 3.36. The second-order valence-electron chi connectivity index (χ2n) is 9.45. The summed E-state index contributed by atoms with van der Waals surface area (Å²) in [6.07, 6.45) is 0. The molecule has 10 heteroatoms. The normalized spacial score (nSPS) is 11.6. The third-order valence-corrected chi connectivity index (χ3v) is 6.82. The number of carbonyl (C=O) groups is 1. The van der Waals surface area contributed by atoms with Crippen LogP contribution in [0.4, 0.5) is 0 Å². The molecule has 2 aromatic carbocycles. The third kappa shape index (κ3) is 9.80. The molecule has 3 N–H and O–H groups in total. The summed E-state index contributed by atoms with van der Waals surface area (Å²) in [6, 6.07) is 15.5. The lowest BCUT2D eigenvalue weighted by atomic mass is 9.96. The lowest BCUT2D eigenvalue weighted by molar-refractivity contribution is -0.118. The minimum absolute atomic E-state index is 0.144. The number of amidine groups is 1. The maximum Gasteiger partial charge on any atom is 0.233 e. The molecule has 36 heavy (non-hydrogen) atoms. The van der Waals surface area contributed by atoms with Gasteiger partial charge in [0.15, 0.2) is 5.84 Å². The van der Waals surface area contributed by atoms with Crippen molar-refractivity contribution in [2.45, 2.75) is 47.0 Å². The number of carbonyl (C=O) groups excluding carboxylic acids is 1. The van der Waals surface area contributed by atoms with E-state index in [4.69, 9.17) is 50.3 Å². The van der Waals surface area contributed by atoms with Crippen molar-refractivity contribution in [3.8, 4) is 11.4 Å². The SMILES string of the molecule is CC(C)(CCl)C(=O)Cl.Cc1ccc(-c2noc(C(C)(C)CCl)n2)cc1.Cc1ccc(/C(N)=N\O)cc1. The molecule has 7 nitrogen and oxygen atoms in total. The number of rotatable bonds is 6. The molecule has 1 aromatic heterocycles. The highest BCUT2D eigenvalue weighted by Gasteiger charge is 2.27. The highest BCUT2D eigenvalue weighted by molar-refractivity contribution is 6.65. The number of nitrogens with zero attached hydrogens (tertiary/aromatic N) is 3. The van der Waals surface area contributed by atoms with Crippen molar-refractivity contribution in [1.82, 2.24) is 10.1 Å². The van der Waals surface area contributed by atoms with E-state index in [1.807, 2.05) is 76.2 Å². The van der Waals surface area contributed by atoms with Crippen LogP contribution in [0.1, 0.15) is 50.3 Å². The van der Waals surface area contributed by atoms with Gasteiger partial charge in [-0.05, 0) is 39.3 Å². The molecular weight excluding hydrogens is 523 g/mol. The molecule has 0 saturated heterocycles. The van der Waals surface area contributed by atoms with Crippen LogP contribution in [0.25, 0.3) is 11.4 Å². The average molecular weight is 556 g/mol. The summed E-state index contributed by atoms with van der Waals surface area (Å²) < 4.78 is 5.26. The number of alkyl halides is 2. The van der Waals surface area contributed by atoms with Crippen LogP contribution in [0.3, 0.4) is 0 Å². The zero-order valence-electron chi connectivity index (χ0n) is 21.3. The third-order valence-electron chi connectivity index (χ3n) is 4.97. The summed E-state index contributed by atoms with van der Waals surface area (Å²) in [6.45, 7) is 11.4. The van der Waals surface area contributed by atoms with Gasteiger partial charge in [0.2, 0.25) is 17.0 Å². The second kappa shape index (κ2) is 14.2. The Labute approximate surface area is 227 Å². The smallest absolute Gasteiger partial charge is 0.233 e. The van der Waals surface area contributed by atoms with Crippen LogP contribution in [0, 0.1) is 19.3 Å². The van der Waals surface area contributed by atoms with Gasteiger partial charge < -0.3 is 15.5 Å². The molecule has 1 heterocycles. The minimum Gasteiger partial charge on any atom is -0.409 e. The molecule has 0 bridgehead atoms. The Morgan fingerprint density at radius 2 is 1.47 bits per heavy atom. The number of aromatic nitrogens is 2. The van der Waals surface area contributed by atoms with Crippen LogP contribution in [0.5, 0.6) is 0 Å². The Kier molecular flexibility index (Phi) is 12.4. The van der Waals surface area contributed by atoms with Crippen molar-refractivity contribution in [3.63, 3.8) is 0 Å². The van der Waals surface area contributed by atoms with Gasteiger partial charge in [-0.2, -0.15) is 4.98 Å². The number of nitrogens with two attached hydrogens (primary N) is 1. The van der Waals surface area contributed by atoms with Gasteiger partial charge in [0.25, 0.3) is 0 Å². The van der Waals surface area contributed by atoms with Gasteiger partial charge >= 0.3 is 0 Å². The molecule has 0 fully saturated rings. The van der Waals surface area contributed by atoms with E-state index in [2.05, 4.69) is 15.3 Å². The van der Waals surface area contributed by atoms with Crippen molar-refractivity contribution < 1.29 is 14.5 Å². The van der Waals surface area contributed by atoms with E-state index in [0.717, 1.165) is 16.7 Å². The molecule has 0 saturated carbocycles. The number of aryl methyl sites for hydroxylation is 2. The summed E-state index contributed by atoms with van der Waals surface area (Å²) in [4.78, 5) is 14.8. The monoisotopic (exact) mass is 554 g/mol. The van der Waals surface area contributed by atoms with Crippen LogP contribution >= 0.6 is 34.8 Å². The lowest BCUT2D eigenvalue weighted by Crippen LogP contribution is -2.20. The molecule has 196 valence electrons. The van der Waals surface area contributed by atoms with Crippen molar-refractivity contribution in [3.05, 3.63) is 71.1 Å². The van der Waals surface area contributed by atoms with Crippen molar-refractivity contribution in [2.75, 3.05) is 11.8 Å². The summed E-state index contributed by atoms with van der Waals surface area (Å²) >= 11 is 16.4. The van der Waals surface area contributed by atoms with Gasteiger partial charge in [0.05, 0.1) is 10.8 Å². The van der Waals surface area contributed by atoms with Crippen LogP contribution in [0.2, 0.25) is 0 Å². The van der Waals surface area contributed by atoms with Crippen LogP contribution in [0.15, 0.2) is 58.2 Å². The fourth-order valence-electron chi connectivity index (χ4n) is 2.21. The second-order valence-corrected chi connectivity index (χ2v) is 10.3. The standard InChI is InChI=1S/C13H15ClN2O.C8H10N2O.C5H8Cl2O/c1-9-4-6-10(7-5-9)11-15-12(17-16-11)13(2,3)8-14;1-6-2-4-7(5-3-6)8(9)10-11;1-5(2,3-6)4(7)8/h4-7H,8H2,1-3H3;2-5,11H,1H3,(H2,9,10);3H2,1-2H3. The predicted octanol–water partition coefficient (Wildman–Crippen LogP) is 6.67. The van der Waals surface area contributed by atoms with Crippen molar-refractivity contribution in [1.29, 1.82) is 0 Å². The fourth-order valence-corrected chi connectivity index (χ4v) is 2.58. The van der Waals surface area contributed by atoms with Gasteiger partial charge in [-0.3, -0.25) is 4.79 Å². The quantitative estimate of drug-likeness (QED) is 0.0877.